The van der Waals surface area contributed by atoms with Crippen molar-refractivity contribution in [2.75, 3.05) is 54.3 Å². The smallest absolute Gasteiger partial charge is 0.342 e. The second-order valence-corrected chi connectivity index (χ2v) is 26.5. The van der Waals surface area contributed by atoms with Crippen molar-refractivity contribution in [1.29, 1.82) is 0 Å². The summed E-state index contributed by atoms with van der Waals surface area (Å²) in [5, 5.41) is 0. The number of aromatic nitrogens is 3. The lowest BCUT2D eigenvalue weighted by molar-refractivity contribution is -0.154. The van der Waals surface area contributed by atoms with E-state index in [0.717, 1.165) is 57.8 Å². The molecule has 0 aliphatic rings. The van der Waals surface area contributed by atoms with Crippen molar-refractivity contribution in [2.45, 2.75) is 311 Å². The minimum atomic E-state index is -1.57. The van der Waals surface area contributed by atoms with E-state index in [-0.39, 0.29) is 73.7 Å². The number of rotatable bonds is 60. The lowest BCUT2D eigenvalue weighted by Crippen LogP contribution is -2.57. The van der Waals surface area contributed by atoms with Crippen LogP contribution in [0.15, 0.2) is 14.4 Å². The van der Waals surface area contributed by atoms with Crippen molar-refractivity contribution in [3.63, 3.8) is 0 Å². The molecule has 0 aromatic carbocycles. The summed E-state index contributed by atoms with van der Waals surface area (Å²) in [5.74, 6) is -1.24. The van der Waals surface area contributed by atoms with Crippen LogP contribution in [0.2, 0.25) is 0 Å². The Kier molecular flexibility index (Phi) is 52.6. The monoisotopic (exact) mass is 1290 g/mol. The van der Waals surface area contributed by atoms with E-state index in [1.54, 1.807) is 0 Å². The molecule has 0 spiro atoms. The number of carbonyl (C=O) groups is 6. The van der Waals surface area contributed by atoms with Gasteiger partial charge in [0.1, 0.15) is 0 Å². The Hall–Kier alpha value is -3.72. The predicted octanol–water partition coefficient (Wildman–Crippen LogP) is 15.5. The van der Waals surface area contributed by atoms with Crippen LogP contribution >= 0.6 is 35.3 Å². The van der Waals surface area contributed by atoms with Gasteiger partial charge in [-0.05, 0) is 40.0 Å². The van der Waals surface area contributed by atoms with Crippen LogP contribution in [0.5, 0.6) is 0 Å². The Morgan fingerprint density at radius 1 is 0.287 bits per heavy atom. The Morgan fingerprint density at radius 2 is 0.460 bits per heavy atom. The third-order valence-corrected chi connectivity index (χ3v) is 17.9. The van der Waals surface area contributed by atoms with E-state index < -0.39 is 53.7 Å². The van der Waals surface area contributed by atoms with Crippen molar-refractivity contribution in [2.24, 2.45) is 0 Å². The fourth-order valence-corrected chi connectivity index (χ4v) is 12.2. The summed E-state index contributed by atoms with van der Waals surface area (Å²) < 4.78 is 34.3. The van der Waals surface area contributed by atoms with E-state index in [1.165, 1.54) is 210 Å². The molecule has 0 aliphatic carbocycles. The first-order valence-corrected chi connectivity index (χ1v) is 37.4. The van der Waals surface area contributed by atoms with Gasteiger partial charge < -0.3 is 28.4 Å². The van der Waals surface area contributed by atoms with Gasteiger partial charge in [0.2, 0.25) is 0 Å². The Balaban J connectivity index is 2.80. The molecule has 1 aromatic rings. The largest absolute Gasteiger partial charge is 0.466 e. The normalized spacial score (nSPS) is 12.3. The number of unbranched alkanes of at least 4 members (excludes halogenated alkanes) is 30. The molecule has 3 atom stereocenters. The molecular formula is C66H117N3O15S3. The summed E-state index contributed by atoms with van der Waals surface area (Å²) >= 11 is 4.01. The third kappa shape index (κ3) is 43.6. The second kappa shape index (κ2) is 56.3. The van der Waals surface area contributed by atoms with Crippen LogP contribution in [-0.2, 0) is 57.2 Å². The van der Waals surface area contributed by atoms with E-state index in [1.807, 2.05) is 0 Å². The fourth-order valence-electron chi connectivity index (χ4n) is 9.74. The van der Waals surface area contributed by atoms with Gasteiger partial charge in [0.15, 0.2) is 18.7 Å². The average Bonchev–Trinajstić information content (AvgIpc) is 0.952. The molecule has 0 saturated heterocycles. The molecule has 0 amide bonds. The first-order chi connectivity index (χ1) is 42.2. The zero-order valence-corrected chi connectivity index (χ0v) is 57.3. The van der Waals surface area contributed by atoms with Crippen LogP contribution in [0.1, 0.15) is 311 Å². The molecule has 0 fully saturated rings. The second-order valence-electron chi connectivity index (χ2n) is 22.8. The first-order valence-electron chi connectivity index (χ1n) is 34.0. The number of nitrogens with zero attached hydrogens (tertiary/aromatic N) is 3. The van der Waals surface area contributed by atoms with E-state index in [2.05, 4.69) is 20.8 Å². The van der Waals surface area contributed by atoms with Gasteiger partial charge in [0.25, 0.3) is 0 Å². The van der Waals surface area contributed by atoms with Gasteiger partial charge in [-0.3, -0.25) is 28.8 Å². The lowest BCUT2D eigenvalue weighted by atomic mass is 10.1. The quantitative estimate of drug-likeness (QED) is 0.0336. The highest BCUT2D eigenvalue weighted by atomic mass is 32.2. The zero-order chi connectivity index (χ0) is 64.0. The summed E-state index contributed by atoms with van der Waals surface area (Å²) in [6.07, 6.45) is 34.9. The highest BCUT2D eigenvalue weighted by molar-refractivity contribution is 7.99. The van der Waals surface area contributed by atoms with Gasteiger partial charge in [-0.2, -0.15) is 35.3 Å². The number of hydrogen-bond acceptors (Lipinski definition) is 18. The Labute approximate surface area is 535 Å². The highest BCUT2D eigenvalue weighted by Crippen LogP contribution is 2.18. The number of carbonyl (C=O) groups excluding carboxylic acids is 6. The number of ether oxygens (including phenoxy) is 6. The fraction of sp³-hybridized carbons (Fsp3) is 0.864. The van der Waals surface area contributed by atoms with Crippen molar-refractivity contribution in [1.82, 2.24) is 13.7 Å². The van der Waals surface area contributed by atoms with Gasteiger partial charge in [-0.25, -0.2) is 28.1 Å². The van der Waals surface area contributed by atoms with E-state index in [4.69, 9.17) is 28.4 Å². The zero-order valence-electron chi connectivity index (χ0n) is 54.9. The molecular weight excluding hydrogens is 1170 g/mol. The third-order valence-electron chi connectivity index (χ3n) is 15.0. The summed E-state index contributed by atoms with van der Waals surface area (Å²) in [5.41, 5.74) is -3.72. The van der Waals surface area contributed by atoms with Crippen LogP contribution in [0, 0.1) is 0 Å². The SMILES string of the molecule is CCCCCCCCCCCCCOC(=O)CCSCCC(=O)OC(C)n1c(=O)n(C(C)OC(=O)CCSCCC(=O)OCCCCCCCCCCCCC)c(=O)n(C(C)OC(=O)CCSCCC(=O)OCCCCCCCCCCCCC)c1=O. The molecule has 87 heavy (non-hydrogen) atoms. The summed E-state index contributed by atoms with van der Waals surface area (Å²) in [6, 6.07) is 0. The van der Waals surface area contributed by atoms with Crippen molar-refractivity contribution >= 4 is 71.1 Å². The van der Waals surface area contributed by atoms with Gasteiger partial charge >= 0.3 is 52.9 Å². The Morgan fingerprint density at radius 3 is 0.655 bits per heavy atom. The highest BCUT2D eigenvalue weighted by Gasteiger charge is 2.29. The molecule has 18 nitrogen and oxygen atoms in total. The number of thioether (sulfide) groups is 3. The van der Waals surface area contributed by atoms with E-state index in [0.29, 0.717) is 50.8 Å². The van der Waals surface area contributed by atoms with Crippen LogP contribution < -0.4 is 17.1 Å². The van der Waals surface area contributed by atoms with Crippen molar-refractivity contribution in [3.05, 3.63) is 31.5 Å². The molecule has 1 heterocycles. The van der Waals surface area contributed by atoms with Crippen LogP contribution in [0.4, 0.5) is 0 Å². The summed E-state index contributed by atoms with van der Waals surface area (Å²) in [4.78, 5) is 119. The molecule has 0 bridgehead atoms. The predicted molar refractivity (Wildman–Crippen MR) is 354 cm³/mol. The molecule has 21 heteroatoms. The molecule has 3 unspecified atom stereocenters. The van der Waals surface area contributed by atoms with Crippen molar-refractivity contribution < 1.29 is 57.2 Å². The maximum Gasteiger partial charge on any atom is 0.342 e. The topological polar surface area (TPSA) is 224 Å². The molecule has 0 saturated carbocycles. The van der Waals surface area contributed by atoms with Gasteiger partial charge in [-0.15, -0.1) is 0 Å². The molecule has 0 N–H and O–H groups in total. The number of hydrogen-bond donors (Lipinski definition) is 0. The molecule has 1 rings (SSSR count). The van der Waals surface area contributed by atoms with Gasteiger partial charge in [0, 0.05) is 34.5 Å². The standard InChI is InChI=1S/C66H117N3O15S3/c1-7-10-13-16-19-22-25-28-31-34-37-46-79-58(70)40-49-85-52-43-61(73)82-55(4)67-64(76)68(56(5)83-62(74)44-53-86-50-41-59(71)80-47-38-35-32-29-26-23-20-17-14-11-8-2)66(78)69(65(67)77)57(6)84-63(75)45-54-87-51-42-60(72)81-48-39-36-33-30-27-24-21-18-15-12-9-3/h55-57H,7-54H2,1-6H3. The van der Waals surface area contributed by atoms with Crippen LogP contribution in [0.25, 0.3) is 0 Å². The minimum absolute atomic E-state index is 0.134. The van der Waals surface area contributed by atoms with Crippen LogP contribution in [0.3, 0.4) is 0 Å². The molecule has 0 aliphatic heterocycles. The lowest BCUT2D eigenvalue weighted by Gasteiger charge is -2.23. The summed E-state index contributed by atoms with van der Waals surface area (Å²) in [7, 11) is 0. The maximum atomic E-state index is 14.1. The van der Waals surface area contributed by atoms with Gasteiger partial charge in [-0.1, -0.05) is 213 Å². The molecule has 0 radical (unpaired) electrons. The Bertz CT molecular complexity index is 1890. The maximum absolute atomic E-state index is 14.1. The molecule has 504 valence electrons. The van der Waals surface area contributed by atoms with E-state index in [9.17, 15) is 43.2 Å². The minimum Gasteiger partial charge on any atom is -0.466 e. The summed E-state index contributed by atoms with van der Waals surface area (Å²) in [6.45, 7) is 11.6. The van der Waals surface area contributed by atoms with Gasteiger partial charge in [0.05, 0.1) is 58.3 Å². The van der Waals surface area contributed by atoms with Crippen LogP contribution in [-0.4, -0.2) is 104 Å². The first kappa shape index (κ1) is 81.3. The van der Waals surface area contributed by atoms with Crippen molar-refractivity contribution in [3.8, 4) is 0 Å². The molecule has 1 aromatic heterocycles. The number of esters is 6. The average molecular weight is 1290 g/mol. The van der Waals surface area contributed by atoms with E-state index >= 15 is 0 Å².